The molecule has 0 aliphatic heterocycles. The fraction of sp³-hybridized carbons (Fsp3) is 0.583. The zero-order valence-electron chi connectivity index (χ0n) is 10.2. The topological polar surface area (TPSA) is 41.1 Å². The normalized spacial score (nSPS) is 12.4. The second-order valence-electron chi connectivity index (χ2n) is 3.97. The first kappa shape index (κ1) is 13.2. The lowest BCUT2D eigenvalue weighted by Gasteiger charge is -2.11. The van der Waals surface area contributed by atoms with E-state index in [1.54, 1.807) is 11.3 Å². The van der Waals surface area contributed by atoms with Gasteiger partial charge in [-0.1, -0.05) is 6.92 Å². The molecule has 0 radical (unpaired) electrons. The maximum atomic E-state index is 11.6. The van der Waals surface area contributed by atoms with Crippen molar-refractivity contribution < 1.29 is 4.79 Å². The van der Waals surface area contributed by atoms with Crippen LogP contribution in [0.25, 0.3) is 0 Å². The van der Waals surface area contributed by atoms with Crippen LogP contribution in [0.2, 0.25) is 0 Å². The minimum absolute atomic E-state index is 0.112. The van der Waals surface area contributed by atoms with Crippen molar-refractivity contribution in [3.8, 4) is 0 Å². The van der Waals surface area contributed by atoms with E-state index in [2.05, 4.69) is 29.0 Å². The lowest BCUT2D eigenvalue weighted by Crippen LogP contribution is -2.33. The number of rotatable bonds is 6. The molecule has 0 fully saturated rings. The molecule has 0 aliphatic carbocycles. The SMILES string of the molecule is CCNC(C)CC(=O)NCc1sccc1C. The van der Waals surface area contributed by atoms with Gasteiger partial charge in [0.15, 0.2) is 0 Å². The van der Waals surface area contributed by atoms with Crippen LogP contribution in [0.4, 0.5) is 0 Å². The zero-order chi connectivity index (χ0) is 12.0. The van der Waals surface area contributed by atoms with Crippen molar-refractivity contribution in [2.24, 2.45) is 0 Å². The Morgan fingerprint density at radius 2 is 2.31 bits per heavy atom. The molecule has 0 saturated heterocycles. The van der Waals surface area contributed by atoms with Gasteiger partial charge >= 0.3 is 0 Å². The van der Waals surface area contributed by atoms with Crippen LogP contribution in [0.1, 0.15) is 30.7 Å². The van der Waals surface area contributed by atoms with Crippen molar-refractivity contribution in [3.63, 3.8) is 0 Å². The molecule has 4 heteroatoms. The Kier molecular flexibility index (Phi) is 5.49. The lowest BCUT2D eigenvalue weighted by molar-refractivity contribution is -0.121. The summed E-state index contributed by atoms with van der Waals surface area (Å²) in [5.74, 6) is 0.112. The number of hydrogen-bond acceptors (Lipinski definition) is 3. The van der Waals surface area contributed by atoms with Crippen LogP contribution >= 0.6 is 11.3 Å². The van der Waals surface area contributed by atoms with Crippen LogP contribution in [-0.4, -0.2) is 18.5 Å². The van der Waals surface area contributed by atoms with Crippen LogP contribution in [0.5, 0.6) is 0 Å². The summed E-state index contributed by atoms with van der Waals surface area (Å²) in [5.41, 5.74) is 1.25. The van der Waals surface area contributed by atoms with E-state index in [-0.39, 0.29) is 11.9 Å². The van der Waals surface area contributed by atoms with Gasteiger partial charge in [-0.15, -0.1) is 11.3 Å². The molecule has 1 heterocycles. The predicted molar refractivity (Wildman–Crippen MR) is 68.7 cm³/mol. The highest BCUT2D eigenvalue weighted by molar-refractivity contribution is 7.10. The van der Waals surface area contributed by atoms with Gasteiger partial charge in [0, 0.05) is 17.3 Å². The minimum Gasteiger partial charge on any atom is -0.351 e. The summed E-state index contributed by atoms with van der Waals surface area (Å²) >= 11 is 1.69. The summed E-state index contributed by atoms with van der Waals surface area (Å²) in [4.78, 5) is 12.8. The van der Waals surface area contributed by atoms with Crippen molar-refractivity contribution in [2.45, 2.75) is 39.8 Å². The minimum atomic E-state index is 0.112. The molecular weight excluding hydrogens is 220 g/mol. The Morgan fingerprint density at radius 1 is 1.56 bits per heavy atom. The van der Waals surface area contributed by atoms with Gasteiger partial charge in [-0.2, -0.15) is 0 Å². The maximum absolute atomic E-state index is 11.6. The highest BCUT2D eigenvalue weighted by Gasteiger charge is 2.08. The second kappa shape index (κ2) is 6.66. The summed E-state index contributed by atoms with van der Waals surface area (Å²) in [5, 5.41) is 8.22. The van der Waals surface area contributed by atoms with Gasteiger partial charge in [-0.05, 0) is 37.4 Å². The fourth-order valence-corrected chi connectivity index (χ4v) is 2.38. The van der Waals surface area contributed by atoms with E-state index in [1.165, 1.54) is 10.4 Å². The van der Waals surface area contributed by atoms with Crippen molar-refractivity contribution in [2.75, 3.05) is 6.54 Å². The van der Waals surface area contributed by atoms with E-state index in [4.69, 9.17) is 0 Å². The lowest BCUT2D eigenvalue weighted by atomic mass is 10.2. The molecule has 1 aromatic heterocycles. The van der Waals surface area contributed by atoms with E-state index in [0.717, 1.165) is 6.54 Å². The van der Waals surface area contributed by atoms with Crippen molar-refractivity contribution in [3.05, 3.63) is 21.9 Å². The highest BCUT2D eigenvalue weighted by atomic mass is 32.1. The Hall–Kier alpha value is -0.870. The van der Waals surface area contributed by atoms with E-state index < -0.39 is 0 Å². The van der Waals surface area contributed by atoms with Gasteiger partial charge in [0.1, 0.15) is 0 Å². The maximum Gasteiger partial charge on any atom is 0.221 e. The third kappa shape index (κ3) is 4.33. The fourth-order valence-electron chi connectivity index (χ4n) is 1.53. The van der Waals surface area contributed by atoms with Crippen molar-refractivity contribution >= 4 is 17.2 Å². The number of hydrogen-bond donors (Lipinski definition) is 2. The zero-order valence-corrected chi connectivity index (χ0v) is 11.0. The summed E-state index contributed by atoms with van der Waals surface area (Å²) in [7, 11) is 0. The first-order valence-electron chi connectivity index (χ1n) is 5.66. The molecule has 2 N–H and O–H groups in total. The number of amides is 1. The van der Waals surface area contributed by atoms with Crippen LogP contribution < -0.4 is 10.6 Å². The summed E-state index contributed by atoms with van der Waals surface area (Å²) in [6.07, 6.45) is 0.540. The third-order valence-corrected chi connectivity index (χ3v) is 3.48. The van der Waals surface area contributed by atoms with Gasteiger partial charge in [-0.3, -0.25) is 4.79 Å². The molecule has 1 aromatic rings. The van der Waals surface area contributed by atoms with E-state index in [1.807, 2.05) is 13.8 Å². The van der Waals surface area contributed by atoms with E-state index in [0.29, 0.717) is 13.0 Å². The molecule has 1 atom stereocenters. The number of nitrogens with one attached hydrogen (secondary N) is 2. The van der Waals surface area contributed by atoms with Crippen LogP contribution in [0.3, 0.4) is 0 Å². The Balaban J connectivity index is 2.28. The van der Waals surface area contributed by atoms with Gasteiger partial charge in [0.25, 0.3) is 0 Å². The second-order valence-corrected chi connectivity index (χ2v) is 4.97. The van der Waals surface area contributed by atoms with Gasteiger partial charge in [0.2, 0.25) is 5.91 Å². The third-order valence-electron chi connectivity index (χ3n) is 2.46. The number of thiophene rings is 1. The first-order chi connectivity index (χ1) is 7.63. The monoisotopic (exact) mass is 240 g/mol. The molecule has 90 valence electrons. The van der Waals surface area contributed by atoms with Crippen LogP contribution in [-0.2, 0) is 11.3 Å². The Bertz CT molecular complexity index is 336. The summed E-state index contributed by atoms with van der Waals surface area (Å²) < 4.78 is 0. The molecule has 1 amide bonds. The number of carbonyl (C=O) groups is 1. The van der Waals surface area contributed by atoms with Crippen molar-refractivity contribution in [1.29, 1.82) is 0 Å². The summed E-state index contributed by atoms with van der Waals surface area (Å²) in [6.45, 7) is 7.70. The molecule has 1 unspecified atom stereocenters. The summed E-state index contributed by atoms with van der Waals surface area (Å²) in [6, 6.07) is 2.32. The molecule has 3 nitrogen and oxygen atoms in total. The number of aryl methyl sites for hydroxylation is 1. The molecular formula is C12H20N2OS. The van der Waals surface area contributed by atoms with Crippen LogP contribution in [0.15, 0.2) is 11.4 Å². The van der Waals surface area contributed by atoms with E-state index in [9.17, 15) is 4.79 Å². The molecule has 16 heavy (non-hydrogen) atoms. The quantitative estimate of drug-likeness (QED) is 0.799. The average Bonchev–Trinajstić information content (AvgIpc) is 2.61. The largest absolute Gasteiger partial charge is 0.351 e. The average molecular weight is 240 g/mol. The van der Waals surface area contributed by atoms with Crippen molar-refractivity contribution in [1.82, 2.24) is 10.6 Å². The molecule has 0 saturated carbocycles. The molecule has 0 spiro atoms. The van der Waals surface area contributed by atoms with E-state index >= 15 is 0 Å². The molecule has 0 aromatic carbocycles. The molecule has 1 rings (SSSR count). The van der Waals surface area contributed by atoms with Gasteiger partial charge < -0.3 is 10.6 Å². The van der Waals surface area contributed by atoms with Gasteiger partial charge in [0.05, 0.1) is 6.54 Å². The smallest absolute Gasteiger partial charge is 0.221 e. The number of carbonyl (C=O) groups excluding carboxylic acids is 1. The standard InChI is InChI=1S/C12H20N2OS/c1-4-13-10(3)7-12(15)14-8-11-9(2)5-6-16-11/h5-6,10,13H,4,7-8H2,1-3H3,(H,14,15). The molecule has 0 aliphatic rings. The Labute approximate surface area is 101 Å². The molecule has 0 bridgehead atoms. The Morgan fingerprint density at radius 3 is 2.88 bits per heavy atom. The highest BCUT2D eigenvalue weighted by Crippen LogP contribution is 2.14. The van der Waals surface area contributed by atoms with Gasteiger partial charge in [-0.25, -0.2) is 0 Å². The first-order valence-corrected chi connectivity index (χ1v) is 6.54. The van der Waals surface area contributed by atoms with Crippen LogP contribution in [0, 0.1) is 6.92 Å². The predicted octanol–water partition coefficient (Wildman–Crippen LogP) is 2.06.